The molecule has 2 aromatic heterocycles. The highest BCUT2D eigenvalue weighted by Gasteiger charge is 2.15. The highest BCUT2D eigenvalue weighted by Crippen LogP contribution is 2.21. The molecule has 0 aliphatic heterocycles. The number of para-hydroxylation sites is 1. The van der Waals surface area contributed by atoms with Gasteiger partial charge in [0.15, 0.2) is 0 Å². The number of carbonyl (C=O) groups excluding carboxylic acids is 1. The lowest BCUT2D eigenvalue weighted by molar-refractivity contribution is 0.0952. The maximum Gasteiger partial charge on any atom is 0.253 e. The third-order valence-electron chi connectivity index (χ3n) is 3.93. The van der Waals surface area contributed by atoms with E-state index in [1.165, 1.54) is 6.33 Å². The number of benzene rings is 1. The van der Waals surface area contributed by atoms with E-state index < -0.39 is 6.67 Å². The van der Waals surface area contributed by atoms with Crippen molar-refractivity contribution in [3.63, 3.8) is 0 Å². The predicted octanol–water partition coefficient (Wildman–Crippen LogP) is 1.89. The molecule has 7 nitrogen and oxygen atoms in total. The van der Waals surface area contributed by atoms with Crippen LogP contribution >= 0.6 is 0 Å². The van der Waals surface area contributed by atoms with Gasteiger partial charge in [-0.25, -0.2) is 19.3 Å². The van der Waals surface area contributed by atoms with E-state index in [2.05, 4.69) is 20.3 Å². The fraction of sp³-hybridized carbons (Fsp3) is 0.294. The molecule has 0 atom stereocenters. The molecule has 0 fully saturated rings. The molecule has 0 unspecified atom stereocenters. The Kier molecular flexibility index (Phi) is 4.87. The number of nitrogens with zero attached hydrogens (tertiary/aromatic N) is 4. The quantitative estimate of drug-likeness (QED) is 0.739. The lowest BCUT2D eigenvalue weighted by atomic mass is 10.1. The van der Waals surface area contributed by atoms with Crippen molar-refractivity contribution in [2.45, 2.75) is 13.5 Å². The van der Waals surface area contributed by atoms with Gasteiger partial charge in [-0.1, -0.05) is 6.07 Å². The predicted molar refractivity (Wildman–Crippen MR) is 90.5 cm³/mol. The van der Waals surface area contributed by atoms with Crippen molar-refractivity contribution in [1.82, 2.24) is 24.8 Å². The first kappa shape index (κ1) is 16.8. The number of carbonyl (C=O) groups is 1. The number of hydrogen-bond acceptors (Lipinski definition) is 5. The molecule has 130 valence electrons. The first-order valence-corrected chi connectivity index (χ1v) is 7.78. The summed E-state index contributed by atoms with van der Waals surface area (Å²) in [5.74, 6) is 0.189. The van der Waals surface area contributed by atoms with Gasteiger partial charge in [0, 0.05) is 12.1 Å². The summed E-state index contributed by atoms with van der Waals surface area (Å²) in [6, 6.07) is 5.33. The minimum Gasteiger partial charge on any atom is -0.481 e. The number of aromatic nitrogens is 4. The Morgan fingerprint density at radius 2 is 2.16 bits per heavy atom. The summed E-state index contributed by atoms with van der Waals surface area (Å²) < 4.78 is 19.4. The summed E-state index contributed by atoms with van der Waals surface area (Å²) in [6.45, 7) is 1.74. The van der Waals surface area contributed by atoms with Gasteiger partial charge in [0.1, 0.15) is 18.5 Å². The van der Waals surface area contributed by atoms with E-state index in [4.69, 9.17) is 4.74 Å². The Bertz CT molecular complexity index is 909. The molecule has 2 heterocycles. The minimum absolute atomic E-state index is 0.0180. The summed E-state index contributed by atoms with van der Waals surface area (Å²) >= 11 is 0. The number of hydrogen-bond donors (Lipinski definition) is 1. The molecular weight excluding hydrogens is 325 g/mol. The van der Waals surface area contributed by atoms with Gasteiger partial charge < -0.3 is 14.6 Å². The number of imidazole rings is 1. The van der Waals surface area contributed by atoms with Crippen LogP contribution in [0, 0.1) is 6.92 Å². The second-order valence-electron chi connectivity index (χ2n) is 5.45. The highest BCUT2D eigenvalue weighted by molar-refractivity contribution is 6.04. The number of amides is 1. The topological polar surface area (TPSA) is 81.9 Å². The average Bonchev–Trinajstić information content (AvgIpc) is 3.04. The van der Waals surface area contributed by atoms with Crippen LogP contribution in [0.15, 0.2) is 30.9 Å². The van der Waals surface area contributed by atoms with E-state index in [1.54, 1.807) is 25.6 Å². The summed E-state index contributed by atoms with van der Waals surface area (Å²) in [5.41, 5.74) is 3.44. The normalized spacial score (nSPS) is 10.8. The Morgan fingerprint density at radius 3 is 2.92 bits per heavy atom. The van der Waals surface area contributed by atoms with E-state index in [1.807, 2.05) is 17.6 Å². The van der Waals surface area contributed by atoms with Gasteiger partial charge in [0.25, 0.3) is 5.91 Å². The molecule has 0 aliphatic carbocycles. The molecule has 0 aliphatic rings. The Balaban J connectivity index is 1.95. The van der Waals surface area contributed by atoms with E-state index >= 15 is 0 Å². The van der Waals surface area contributed by atoms with E-state index in [-0.39, 0.29) is 12.5 Å². The standard InChI is InChI=1S/C17H18FN5O2/c1-11-13(20-9-21-17(11)25-2)8-23-10-22-15-12(4-3-5-14(15)23)16(24)19-7-6-18/h3-5,9-10H,6-8H2,1-2H3,(H,19,24). The zero-order valence-corrected chi connectivity index (χ0v) is 14.0. The number of nitrogens with one attached hydrogen (secondary N) is 1. The van der Waals surface area contributed by atoms with Crippen molar-refractivity contribution in [2.24, 2.45) is 0 Å². The fourth-order valence-corrected chi connectivity index (χ4v) is 2.65. The van der Waals surface area contributed by atoms with Crippen LogP contribution in [-0.2, 0) is 6.54 Å². The molecule has 25 heavy (non-hydrogen) atoms. The van der Waals surface area contributed by atoms with Gasteiger partial charge in [-0.2, -0.15) is 0 Å². The van der Waals surface area contributed by atoms with Crippen LogP contribution in [0.1, 0.15) is 21.6 Å². The molecule has 0 saturated heterocycles. The molecule has 3 aromatic rings. The van der Waals surface area contributed by atoms with Crippen molar-refractivity contribution < 1.29 is 13.9 Å². The smallest absolute Gasteiger partial charge is 0.253 e. The number of alkyl halides is 1. The van der Waals surface area contributed by atoms with Gasteiger partial charge in [-0.3, -0.25) is 4.79 Å². The van der Waals surface area contributed by atoms with E-state index in [9.17, 15) is 9.18 Å². The lowest BCUT2D eigenvalue weighted by Crippen LogP contribution is -2.25. The summed E-state index contributed by atoms with van der Waals surface area (Å²) in [4.78, 5) is 24.9. The SMILES string of the molecule is COc1ncnc(Cn2cnc3c(C(=O)NCCF)cccc32)c1C. The molecule has 3 rings (SSSR count). The first-order chi connectivity index (χ1) is 12.2. The third kappa shape index (κ3) is 3.28. The monoisotopic (exact) mass is 343 g/mol. The third-order valence-corrected chi connectivity index (χ3v) is 3.93. The van der Waals surface area contributed by atoms with Crippen LogP contribution in [0.2, 0.25) is 0 Å². The van der Waals surface area contributed by atoms with Crippen LogP contribution < -0.4 is 10.1 Å². The van der Waals surface area contributed by atoms with Crippen molar-refractivity contribution in [3.05, 3.63) is 47.7 Å². The molecule has 0 saturated carbocycles. The van der Waals surface area contributed by atoms with Crippen LogP contribution in [0.3, 0.4) is 0 Å². The van der Waals surface area contributed by atoms with Gasteiger partial charge in [-0.05, 0) is 19.1 Å². The van der Waals surface area contributed by atoms with Gasteiger partial charge >= 0.3 is 0 Å². The number of halogens is 1. The molecular formula is C17H18FN5O2. The fourth-order valence-electron chi connectivity index (χ4n) is 2.65. The average molecular weight is 343 g/mol. The zero-order valence-electron chi connectivity index (χ0n) is 14.0. The summed E-state index contributed by atoms with van der Waals surface area (Å²) in [5, 5.41) is 2.52. The maximum absolute atomic E-state index is 12.3. The van der Waals surface area contributed by atoms with Crippen molar-refractivity contribution in [3.8, 4) is 5.88 Å². The molecule has 1 aromatic carbocycles. The molecule has 0 spiro atoms. The van der Waals surface area contributed by atoms with E-state index in [0.717, 1.165) is 16.8 Å². The number of ether oxygens (including phenoxy) is 1. The molecule has 1 N–H and O–H groups in total. The van der Waals surface area contributed by atoms with Crippen molar-refractivity contribution >= 4 is 16.9 Å². The highest BCUT2D eigenvalue weighted by atomic mass is 19.1. The maximum atomic E-state index is 12.3. The van der Waals surface area contributed by atoms with Crippen molar-refractivity contribution in [1.29, 1.82) is 0 Å². The lowest BCUT2D eigenvalue weighted by Gasteiger charge is -2.10. The van der Waals surface area contributed by atoms with Crippen LogP contribution in [0.5, 0.6) is 5.88 Å². The van der Waals surface area contributed by atoms with Crippen molar-refractivity contribution in [2.75, 3.05) is 20.3 Å². The van der Waals surface area contributed by atoms with Gasteiger partial charge in [0.2, 0.25) is 5.88 Å². The van der Waals surface area contributed by atoms with Crippen LogP contribution in [0.4, 0.5) is 4.39 Å². The number of fused-ring (bicyclic) bond motifs is 1. The van der Waals surface area contributed by atoms with Crippen LogP contribution in [-0.4, -0.2) is 45.8 Å². The largest absolute Gasteiger partial charge is 0.481 e. The Hall–Kier alpha value is -3.03. The Labute approximate surface area is 143 Å². The molecule has 0 radical (unpaired) electrons. The second-order valence-corrected chi connectivity index (χ2v) is 5.45. The Morgan fingerprint density at radius 1 is 1.32 bits per heavy atom. The first-order valence-electron chi connectivity index (χ1n) is 7.78. The zero-order chi connectivity index (χ0) is 17.8. The van der Waals surface area contributed by atoms with E-state index in [0.29, 0.717) is 23.5 Å². The number of methoxy groups -OCH3 is 1. The van der Waals surface area contributed by atoms with Gasteiger partial charge in [-0.15, -0.1) is 0 Å². The van der Waals surface area contributed by atoms with Gasteiger partial charge in [0.05, 0.1) is 36.8 Å². The van der Waals surface area contributed by atoms with Crippen LogP contribution in [0.25, 0.3) is 11.0 Å². The molecule has 1 amide bonds. The molecule has 8 heteroatoms. The minimum atomic E-state index is -0.606. The summed E-state index contributed by atoms with van der Waals surface area (Å²) in [7, 11) is 1.56. The second kappa shape index (κ2) is 7.25. The molecule has 0 bridgehead atoms. The summed E-state index contributed by atoms with van der Waals surface area (Å²) in [6.07, 6.45) is 3.11. The number of rotatable bonds is 6.